The number of fused-ring (bicyclic) bond motifs is 1. The third-order valence-corrected chi connectivity index (χ3v) is 2.25. The number of methoxy groups -OCH3 is 1. The Bertz CT molecular complexity index is 460. The zero-order valence-electron chi connectivity index (χ0n) is 8.99. The van der Waals surface area contributed by atoms with E-state index in [-0.39, 0.29) is 0 Å². The van der Waals surface area contributed by atoms with E-state index in [4.69, 9.17) is 0 Å². The Morgan fingerprint density at radius 1 is 1.50 bits per heavy atom. The van der Waals surface area contributed by atoms with Gasteiger partial charge < -0.3 is 15.0 Å². The predicted octanol–water partition coefficient (Wildman–Crippen LogP) is 1.46. The van der Waals surface area contributed by atoms with Crippen LogP contribution >= 0.6 is 0 Å². The van der Waals surface area contributed by atoms with Gasteiger partial charge in [-0.3, -0.25) is 0 Å². The molecule has 16 heavy (non-hydrogen) atoms. The number of imidazole rings is 1. The van der Waals surface area contributed by atoms with E-state index in [1.165, 1.54) is 7.11 Å². The van der Waals surface area contributed by atoms with Crippen LogP contribution in [0.2, 0.25) is 0 Å². The molecule has 0 aliphatic rings. The minimum Gasteiger partial charge on any atom is -0.453 e. The molecule has 1 aromatic carbocycles. The fraction of sp³-hybridized carbons (Fsp3) is 0.273. The van der Waals surface area contributed by atoms with Crippen molar-refractivity contribution in [1.29, 1.82) is 0 Å². The molecule has 2 aromatic rings. The van der Waals surface area contributed by atoms with Crippen molar-refractivity contribution in [3.63, 3.8) is 0 Å². The fourth-order valence-corrected chi connectivity index (χ4v) is 1.48. The van der Waals surface area contributed by atoms with Gasteiger partial charge in [0, 0.05) is 13.0 Å². The Labute approximate surface area is 92.8 Å². The van der Waals surface area contributed by atoms with Crippen molar-refractivity contribution >= 4 is 17.1 Å². The molecule has 0 aliphatic heterocycles. The number of hydrogen-bond donors (Lipinski definition) is 2. The lowest BCUT2D eigenvalue weighted by Crippen LogP contribution is -2.25. The molecule has 0 saturated heterocycles. The van der Waals surface area contributed by atoms with E-state index in [2.05, 4.69) is 20.0 Å². The second-order valence-electron chi connectivity index (χ2n) is 3.37. The Hall–Kier alpha value is -2.04. The van der Waals surface area contributed by atoms with Gasteiger partial charge in [0.15, 0.2) is 0 Å². The zero-order chi connectivity index (χ0) is 11.4. The number of benzene rings is 1. The van der Waals surface area contributed by atoms with Gasteiger partial charge in [0.1, 0.15) is 5.82 Å². The molecule has 0 spiro atoms. The van der Waals surface area contributed by atoms with E-state index < -0.39 is 6.09 Å². The first-order valence-electron chi connectivity index (χ1n) is 5.05. The van der Waals surface area contributed by atoms with Crippen LogP contribution in [0.3, 0.4) is 0 Å². The molecule has 0 saturated carbocycles. The number of aromatic amines is 1. The molecular weight excluding hydrogens is 206 g/mol. The highest BCUT2D eigenvalue weighted by Crippen LogP contribution is 2.10. The predicted molar refractivity (Wildman–Crippen MR) is 60.2 cm³/mol. The Morgan fingerprint density at radius 2 is 2.31 bits per heavy atom. The number of H-pyrrole nitrogens is 1. The molecule has 2 N–H and O–H groups in total. The lowest BCUT2D eigenvalue weighted by Gasteiger charge is -2.00. The summed E-state index contributed by atoms with van der Waals surface area (Å²) in [4.78, 5) is 18.4. The SMILES string of the molecule is COC(=O)NCCc1nc2ccccc2[nH]1. The number of amides is 1. The van der Waals surface area contributed by atoms with Crippen molar-refractivity contribution in [2.75, 3.05) is 13.7 Å². The molecule has 0 radical (unpaired) electrons. The van der Waals surface area contributed by atoms with Crippen molar-refractivity contribution < 1.29 is 9.53 Å². The normalized spacial score (nSPS) is 10.3. The van der Waals surface area contributed by atoms with Crippen LogP contribution in [0, 0.1) is 0 Å². The van der Waals surface area contributed by atoms with Gasteiger partial charge in [0.25, 0.3) is 0 Å². The number of ether oxygens (including phenoxy) is 1. The summed E-state index contributed by atoms with van der Waals surface area (Å²) in [5.74, 6) is 0.859. The molecule has 0 unspecified atom stereocenters. The quantitative estimate of drug-likeness (QED) is 0.821. The summed E-state index contributed by atoms with van der Waals surface area (Å²) in [6, 6.07) is 7.82. The average molecular weight is 219 g/mol. The maximum atomic E-state index is 10.8. The Balaban J connectivity index is 1.97. The highest BCUT2D eigenvalue weighted by Gasteiger charge is 2.02. The third kappa shape index (κ3) is 2.31. The number of hydrogen-bond acceptors (Lipinski definition) is 3. The maximum absolute atomic E-state index is 10.8. The molecule has 1 heterocycles. The topological polar surface area (TPSA) is 67.0 Å². The van der Waals surface area contributed by atoms with Crippen LogP contribution in [0.15, 0.2) is 24.3 Å². The number of carbonyl (C=O) groups excluding carboxylic acids is 1. The van der Waals surface area contributed by atoms with Gasteiger partial charge in [-0.1, -0.05) is 12.1 Å². The van der Waals surface area contributed by atoms with Crippen LogP contribution < -0.4 is 5.32 Å². The van der Waals surface area contributed by atoms with E-state index in [0.29, 0.717) is 13.0 Å². The van der Waals surface area contributed by atoms with Crippen LogP contribution in [0.25, 0.3) is 11.0 Å². The van der Waals surface area contributed by atoms with Crippen LogP contribution in [0.1, 0.15) is 5.82 Å². The molecule has 0 fully saturated rings. The number of aromatic nitrogens is 2. The van der Waals surface area contributed by atoms with Gasteiger partial charge in [0.05, 0.1) is 18.1 Å². The third-order valence-electron chi connectivity index (χ3n) is 2.25. The molecular formula is C11H13N3O2. The number of carbonyl (C=O) groups is 1. The molecule has 1 aromatic heterocycles. The van der Waals surface area contributed by atoms with Crippen molar-refractivity contribution in [2.24, 2.45) is 0 Å². The minimum atomic E-state index is -0.420. The van der Waals surface area contributed by atoms with E-state index in [9.17, 15) is 4.79 Å². The van der Waals surface area contributed by atoms with Gasteiger partial charge in [0.2, 0.25) is 0 Å². The van der Waals surface area contributed by atoms with Gasteiger partial charge >= 0.3 is 6.09 Å². The zero-order valence-corrected chi connectivity index (χ0v) is 8.99. The standard InChI is InChI=1S/C11H13N3O2/c1-16-11(15)12-7-6-10-13-8-4-2-3-5-9(8)14-10/h2-5H,6-7H2,1H3,(H,12,15)(H,13,14). The molecule has 84 valence electrons. The van der Waals surface area contributed by atoms with E-state index in [1.807, 2.05) is 24.3 Å². The number of alkyl carbamates (subject to hydrolysis) is 1. The Morgan fingerprint density at radius 3 is 3.06 bits per heavy atom. The second-order valence-corrected chi connectivity index (χ2v) is 3.37. The summed E-state index contributed by atoms with van der Waals surface area (Å²) < 4.78 is 4.47. The first-order valence-corrected chi connectivity index (χ1v) is 5.05. The number of nitrogens with one attached hydrogen (secondary N) is 2. The maximum Gasteiger partial charge on any atom is 0.406 e. The lowest BCUT2D eigenvalue weighted by atomic mass is 10.3. The van der Waals surface area contributed by atoms with Crippen LogP contribution in [-0.4, -0.2) is 29.7 Å². The van der Waals surface area contributed by atoms with E-state index in [0.717, 1.165) is 16.9 Å². The second kappa shape index (κ2) is 4.65. The minimum absolute atomic E-state index is 0.420. The molecule has 0 atom stereocenters. The van der Waals surface area contributed by atoms with E-state index in [1.54, 1.807) is 0 Å². The molecule has 0 aliphatic carbocycles. The highest BCUT2D eigenvalue weighted by atomic mass is 16.5. The van der Waals surface area contributed by atoms with Gasteiger partial charge in [-0.15, -0.1) is 0 Å². The van der Waals surface area contributed by atoms with Gasteiger partial charge in [-0.25, -0.2) is 9.78 Å². The first kappa shape index (κ1) is 10.5. The first-order chi connectivity index (χ1) is 7.79. The lowest BCUT2D eigenvalue weighted by molar-refractivity contribution is 0.171. The van der Waals surface area contributed by atoms with Gasteiger partial charge in [-0.2, -0.15) is 0 Å². The molecule has 0 bridgehead atoms. The molecule has 5 heteroatoms. The number of nitrogens with zero attached hydrogens (tertiary/aromatic N) is 1. The van der Waals surface area contributed by atoms with Crippen molar-refractivity contribution in [3.05, 3.63) is 30.1 Å². The molecule has 1 amide bonds. The largest absolute Gasteiger partial charge is 0.453 e. The van der Waals surface area contributed by atoms with Crippen molar-refractivity contribution in [3.8, 4) is 0 Å². The summed E-state index contributed by atoms with van der Waals surface area (Å²) in [6.45, 7) is 0.506. The monoisotopic (exact) mass is 219 g/mol. The van der Waals surface area contributed by atoms with Crippen LogP contribution in [-0.2, 0) is 11.2 Å². The van der Waals surface area contributed by atoms with Crippen LogP contribution in [0.5, 0.6) is 0 Å². The van der Waals surface area contributed by atoms with E-state index >= 15 is 0 Å². The van der Waals surface area contributed by atoms with Crippen LogP contribution in [0.4, 0.5) is 4.79 Å². The fourth-order valence-electron chi connectivity index (χ4n) is 1.48. The highest BCUT2D eigenvalue weighted by molar-refractivity contribution is 5.74. The summed E-state index contributed by atoms with van der Waals surface area (Å²) in [5, 5.41) is 2.60. The smallest absolute Gasteiger partial charge is 0.406 e. The Kier molecular flexibility index (Phi) is 3.05. The summed E-state index contributed by atoms with van der Waals surface area (Å²) in [7, 11) is 1.34. The summed E-state index contributed by atoms with van der Waals surface area (Å²) in [6.07, 6.45) is 0.236. The van der Waals surface area contributed by atoms with Crippen molar-refractivity contribution in [2.45, 2.75) is 6.42 Å². The average Bonchev–Trinajstić information content (AvgIpc) is 2.71. The summed E-state index contributed by atoms with van der Waals surface area (Å²) in [5.41, 5.74) is 1.95. The van der Waals surface area contributed by atoms with Gasteiger partial charge in [-0.05, 0) is 12.1 Å². The van der Waals surface area contributed by atoms with Crippen molar-refractivity contribution in [1.82, 2.24) is 15.3 Å². The molecule has 5 nitrogen and oxygen atoms in total. The number of para-hydroxylation sites is 2. The summed E-state index contributed by atoms with van der Waals surface area (Å²) >= 11 is 0. The number of rotatable bonds is 3. The molecule has 2 rings (SSSR count).